The zero-order valence-corrected chi connectivity index (χ0v) is 10.3. The van der Waals surface area contributed by atoms with Crippen LogP contribution in [0.3, 0.4) is 0 Å². The maximum atomic E-state index is 6.45. The van der Waals surface area contributed by atoms with E-state index in [9.17, 15) is 0 Å². The molecule has 3 aliphatic rings. The highest BCUT2D eigenvalue weighted by atomic mass is 14.8. The normalized spacial score (nSPS) is 43.5. The monoisotopic (exact) mass is 228 g/mol. The molecule has 17 heavy (non-hydrogen) atoms. The summed E-state index contributed by atoms with van der Waals surface area (Å²) in [5, 5.41) is 0. The molecule has 3 fully saturated rings. The fourth-order valence-corrected chi connectivity index (χ4v) is 4.77. The highest BCUT2D eigenvalue weighted by Crippen LogP contribution is 2.71. The Morgan fingerprint density at radius 3 is 2.53 bits per heavy atom. The van der Waals surface area contributed by atoms with Gasteiger partial charge in [-0.25, -0.2) is 0 Å². The molecule has 3 saturated carbocycles. The standard InChI is InChI=1S/C15H20N2/c1-8-2-3-11(7-17-8)15(16)14-12-9-4-5-10(6-9)13(12)14/h2-3,7,9-10,12-15H,4-6,16H2,1H3. The van der Waals surface area contributed by atoms with Crippen LogP contribution in [0.1, 0.15) is 36.6 Å². The third-order valence-corrected chi connectivity index (χ3v) is 5.53. The highest BCUT2D eigenvalue weighted by molar-refractivity contribution is 5.24. The fraction of sp³-hybridized carbons (Fsp3) is 0.667. The van der Waals surface area contributed by atoms with E-state index in [1.165, 1.54) is 24.8 Å². The Morgan fingerprint density at radius 1 is 1.24 bits per heavy atom. The number of fused-ring (bicyclic) bond motifs is 5. The molecule has 5 unspecified atom stereocenters. The fourth-order valence-electron chi connectivity index (χ4n) is 4.77. The van der Waals surface area contributed by atoms with Crippen LogP contribution in [0, 0.1) is 36.5 Å². The van der Waals surface area contributed by atoms with Crippen molar-refractivity contribution in [1.82, 2.24) is 4.98 Å². The van der Waals surface area contributed by atoms with Crippen LogP contribution in [0.15, 0.2) is 18.3 Å². The van der Waals surface area contributed by atoms with Gasteiger partial charge < -0.3 is 5.73 Å². The largest absolute Gasteiger partial charge is 0.324 e. The van der Waals surface area contributed by atoms with Gasteiger partial charge in [0.2, 0.25) is 0 Å². The molecule has 0 aliphatic heterocycles. The zero-order valence-electron chi connectivity index (χ0n) is 10.3. The average Bonchev–Trinajstić information content (AvgIpc) is 2.77. The summed E-state index contributed by atoms with van der Waals surface area (Å²) in [5.74, 6) is 4.72. The Balaban J connectivity index is 1.55. The second kappa shape index (κ2) is 3.32. The van der Waals surface area contributed by atoms with E-state index in [1.807, 2.05) is 13.1 Å². The van der Waals surface area contributed by atoms with Crippen molar-refractivity contribution in [2.45, 2.75) is 32.2 Å². The molecule has 2 N–H and O–H groups in total. The van der Waals surface area contributed by atoms with Crippen LogP contribution < -0.4 is 5.73 Å². The minimum absolute atomic E-state index is 0.237. The van der Waals surface area contributed by atoms with E-state index in [1.54, 1.807) is 0 Å². The maximum absolute atomic E-state index is 6.45. The Bertz CT molecular complexity index is 423. The van der Waals surface area contributed by atoms with Crippen molar-refractivity contribution in [2.24, 2.45) is 35.3 Å². The molecule has 2 bridgehead atoms. The summed E-state index contributed by atoms with van der Waals surface area (Å²) < 4.78 is 0. The van der Waals surface area contributed by atoms with E-state index in [4.69, 9.17) is 5.73 Å². The van der Waals surface area contributed by atoms with Crippen molar-refractivity contribution < 1.29 is 0 Å². The van der Waals surface area contributed by atoms with Crippen LogP contribution in [0.4, 0.5) is 0 Å². The third-order valence-electron chi connectivity index (χ3n) is 5.53. The second-order valence-corrected chi connectivity index (χ2v) is 6.32. The topological polar surface area (TPSA) is 38.9 Å². The number of aromatic nitrogens is 1. The number of aryl methyl sites for hydroxylation is 1. The van der Waals surface area contributed by atoms with Gasteiger partial charge in [-0.15, -0.1) is 0 Å². The molecule has 5 atom stereocenters. The predicted octanol–water partition coefficient (Wildman–Crippen LogP) is 2.68. The quantitative estimate of drug-likeness (QED) is 0.845. The molecule has 0 radical (unpaired) electrons. The molecule has 0 spiro atoms. The van der Waals surface area contributed by atoms with Crippen LogP contribution in [-0.2, 0) is 0 Å². The molecular formula is C15H20N2. The van der Waals surface area contributed by atoms with Crippen molar-refractivity contribution in [1.29, 1.82) is 0 Å². The number of nitrogens with zero attached hydrogens (tertiary/aromatic N) is 1. The van der Waals surface area contributed by atoms with E-state index < -0.39 is 0 Å². The van der Waals surface area contributed by atoms with Crippen molar-refractivity contribution in [2.75, 3.05) is 0 Å². The minimum atomic E-state index is 0.237. The first-order chi connectivity index (χ1) is 8.25. The van der Waals surface area contributed by atoms with Gasteiger partial charge in [-0.1, -0.05) is 6.07 Å². The molecule has 2 heteroatoms. The summed E-state index contributed by atoms with van der Waals surface area (Å²) in [5.41, 5.74) is 8.78. The minimum Gasteiger partial charge on any atom is -0.324 e. The lowest BCUT2D eigenvalue weighted by atomic mass is 9.94. The Hall–Kier alpha value is -0.890. The van der Waals surface area contributed by atoms with Gasteiger partial charge in [-0.05, 0) is 67.4 Å². The highest BCUT2D eigenvalue weighted by Gasteiger charge is 2.66. The Labute approximate surface area is 103 Å². The second-order valence-electron chi connectivity index (χ2n) is 6.32. The number of nitrogens with two attached hydrogens (primary N) is 1. The summed E-state index contributed by atoms with van der Waals surface area (Å²) in [6.45, 7) is 2.03. The van der Waals surface area contributed by atoms with Gasteiger partial charge in [0.1, 0.15) is 0 Å². The van der Waals surface area contributed by atoms with Gasteiger partial charge in [-0.3, -0.25) is 4.98 Å². The van der Waals surface area contributed by atoms with E-state index in [0.717, 1.165) is 35.3 Å². The zero-order chi connectivity index (χ0) is 11.6. The molecule has 4 rings (SSSR count). The molecule has 0 saturated heterocycles. The first-order valence-corrected chi connectivity index (χ1v) is 6.94. The van der Waals surface area contributed by atoms with E-state index >= 15 is 0 Å². The van der Waals surface area contributed by atoms with Gasteiger partial charge in [0.05, 0.1) is 0 Å². The summed E-state index contributed by atoms with van der Waals surface area (Å²) in [6, 6.07) is 4.49. The lowest BCUT2D eigenvalue weighted by molar-refractivity contribution is 0.417. The maximum Gasteiger partial charge on any atom is 0.0372 e. The van der Waals surface area contributed by atoms with Gasteiger partial charge in [0.25, 0.3) is 0 Å². The van der Waals surface area contributed by atoms with Crippen molar-refractivity contribution >= 4 is 0 Å². The number of hydrogen-bond acceptors (Lipinski definition) is 2. The smallest absolute Gasteiger partial charge is 0.0372 e. The number of rotatable bonds is 2. The molecule has 3 aliphatic carbocycles. The first-order valence-electron chi connectivity index (χ1n) is 6.94. The van der Waals surface area contributed by atoms with E-state index in [-0.39, 0.29) is 6.04 Å². The predicted molar refractivity (Wildman–Crippen MR) is 67.2 cm³/mol. The third kappa shape index (κ3) is 1.33. The molecule has 1 aromatic rings. The van der Waals surface area contributed by atoms with Gasteiger partial charge >= 0.3 is 0 Å². The van der Waals surface area contributed by atoms with Crippen LogP contribution in [-0.4, -0.2) is 4.98 Å². The average molecular weight is 228 g/mol. The van der Waals surface area contributed by atoms with E-state index in [0.29, 0.717) is 0 Å². The molecule has 0 amide bonds. The molecule has 90 valence electrons. The van der Waals surface area contributed by atoms with Gasteiger partial charge in [0, 0.05) is 17.9 Å². The molecule has 0 aromatic carbocycles. The SMILES string of the molecule is Cc1ccc(C(N)C2C3C4CCC(C4)C32)cn1. The van der Waals surface area contributed by atoms with Crippen molar-refractivity contribution in [3.05, 3.63) is 29.6 Å². The van der Waals surface area contributed by atoms with Crippen LogP contribution in [0.5, 0.6) is 0 Å². The molecular weight excluding hydrogens is 208 g/mol. The molecule has 1 aromatic heterocycles. The summed E-state index contributed by atoms with van der Waals surface area (Å²) in [4.78, 5) is 4.38. The lowest BCUT2D eigenvalue weighted by Crippen LogP contribution is -2.17. The first kappa shape index (κ1) is 10.1. The van der Waals surface area contributed by atoms with Crippen LogP contribution in [0.2, 0.25) is 0 Å². The van der Waals surface area contributed by atoms with Gasteiger partial charge in [-0.2, -0.15) is 0 Å². The number of pyridine rings is 1. The number of hydrogen-bond donors (Lipinski definition) is 1. The lowest BCUT2D eigenvalue weighted by Gasteiger charge is -2.16. The Kier molecular flexibility index (Phi) is 1.97. The Morgan fingerprint density at radius 2 is 1.94 bits per heavy atom. The van der Waals surface area contributed by atoms with Crippen molar-refractivity contribution in [3.63, 3.8) is 0 Å². The van der Waals surface area contributed by atoms with Crippen LogP contribution >= 0.6 is 0 Å². The molecule has 1 heterocycles. The van der Waals surface area contributed by atoms with E-state index in [2.05, 4.69) is 17.1 Å². The summed E-state index contributed by atoms with van der Waals surface area (Å²) in [6.07, 6.45) is 6.43. The van der Waals surface area contributed by atoms with Gasteiger partial charge in [0.15, 0.2) is 0 Å². The summed E-state index contributed by atoms with van der Waals surface area (Å²) >= 11 is 0. The van der Waals surface area contributed by atoms with Crippen LogP contribution in [0.25, 0.3) is 0 Å². The molecule has 2 nitrogen and oxygen atoms in total. The summed E-state index contributed by atoms with van der Waals surface area (Å²) in [7, 11) is 0. The van der Waals surface area contributed by atoms with Crippen molar-refractivity contribution in [3.8, 4) is 0 Å².